The molecule has 1 N–H and O–H groups in total. The van der Waals surface area contributed by atoms with Crippen molar-refractivity contribution in [2.75, 3.05) is 24.7 Å². The highest BCUT2D eigenvalue weighted by atomic mass is 35.5. The van der Waals surface area contributed by atoms with E-state index >= 15 is 0 Å². The summed E-state index contributed by atoms with van der Waals surface area (Å²) in [5.41, 5.74) is 0.333. The van der Waals surface area contributed by atoms with Crippen LogP contribution in [0, 0.1) is 0 Å². The molecule has 1 aliphatic rings. The van der Waals surface area contributed by atoms with Crippen LogP contribution in [0.15, 0.2) is 12.1 Å². The zero-order chi connectivity index (χ0) is 14.0. The number of nitrogens with zero attached hydrogens (tertiary/aromatic N) is 2. The van der Waals surface area contributed by atoms with Gasteiger partial charge in [-0.2, -0.15) is 11.8 Å². The number of anilines is 1. The number of carbonyl (C=O) groups is 1. The number of halogens is 1. The summed E-state index contributed by atoms with van der Waals surface area (Å²) in [6.07, 6.45) is 0. The number of nitrogens with one attached hydrogen (secondary N) is 1. The van der Waals surface area contributed by atoms with Crippen molar-refractivity contribution < 1.29 is 4.79 Å². The lowest BCUT2D eigenvalue weighted by Crippen LogP contribution is -2.48. The third-order valence-electron chi connectivity index (χ3n) is 3.45. The first kappa shape index (κ1) is 14.5. The van der Waals surface area contributed by atoms with Crippen LogP contribution in [0.5, 0.6) is 0 Å². The van der Waals surface area contributed by atoms with Gasteiger partial charge in [-0.15, -0.1) is 0 Å². The van der Waals surface area contributed by atoms with Crippen LogP contribution in [0.25, 0.3) is 0 Å². The molecule has 0 aliphatic carbocycles. The lowest BCUT2D eigenvalue weighted by atomic mass is 10.2. The molecule has 1 saturated heterocycles. The van der Waals surface area contributed by atoms with Gasteiger partial charge < -0.3 is 10.2 Å². The molecular formula is C13H18ClN3OS. The zero-order valence-electron chi connectivity index (χ0n) is 11.3. The van der Waals surface area contributed by atoms with E-state index in [1.807, 2.05) is 16.7 Å². The monoisotopic (exact) mass is 299 g/mol. The van der Waals surface area contributed by atoms with Crippen molar-refractivity contribution in [2.24, 2.45) is 0 Å². The quantitative estimate of drug-likeness (QED) is 0.912. The minimum atomic E-state index is -0.0817. The second-order valence-electron chi connectivity index (χ2n) is 4.59. The van der Waals surface area contributed by atoms with Gasteiger partial charge >= 0.3 is 0 Å². The molecule has 1 aromatic heterocycles. The number of hydrogen-bond donors (Lipinski definition) is 1. The Morgan fingerprint density at radius 1 is 1.53 bits per heavy atom. The summed E-state index contributed by atoms with van der Waals surface area (Å²) in [6, 6.07) is 3.67. The first-order valence-corrected chi connectivity index (χ1v) is 7.74. The average molecular weight is 300 g/mol. The molecule has 0 saturated carbocycles. The van der Waals surface area contributed by atoms with E-state index in [2.05, 4.69) is 24.1 Å². The van der Waals surface area contributed by atoms with E-state index in [1.54, 1.807) is 19.2 Å². The second-order valence-corrected chi connectivity index (χ2v) is 6.48. The summed E-state index contributed by atoms with van der Waals surface area (Å²) in [5, 5.41) is 3.77. The number of carbonyl (C=O) groups excluding carboxylic acids is 1. The molecular weight excluding hydrogens is 282 g/mol. The van der Waals surface area contributed by atoms with Crippen molar-refractivity contribution in [3.63, 3.8) is 0 Å². The van der Waals surface area contributed by atoms with Gasteiger partial charge in [0, 0.05) is 30.6 Å². The molecule has 2 heterocycles. The van der Waals surface area contributed by atoms with E-state index in [0.29, 0.717) is 21.8 Å². The normalized spacial score (nSPS) is 23.3. The number of rotatable bonds is 2. The van der Waals surface area contributed by atoms with Crippen LogP contribution in [0.1, 0.15) is 24.3 Å². The molecule has 1 fully saturated rings. The fourth-order valence-electron chi connectivity index (χ4n) is 2.09. The summed E-state index contributed by atoms with van der Waals surface area (Å²) in [5.74, 6) is 1.53. The Morgan fingerprint density at radius 2 is 2.26 bits per heavy atom. The summed E-state index contributed by atoms with van der Waals surface area (Å²) in [7, 11) is 1.77. The standard InChI is InChI=1S/C13H18ClN3OS/c1-8-9(2)19-7-6-17(8)13(18)12-10(14)4-5-11(15-3)16-12/h4-5,8-9H,6-7H2,1-3H3,(H,15,16). The van der Waals surface area contributed by atoms with Gasteiger partial charge in [-0.3, -0.25) is 4.79 Å². The fourth-order valence-corrected chi connectivity index (χ4v) is 3.37. The van der Waals surface area contributed by atoms with Crippen LogP contribution in [-0.4, -0.2) is 46.4 Å². The number of aromatic nitrogens is 1. The largest absolute Gasteiger partial charge is 0.373 e. The van der Waals surface area contributed by atoms with Gasteiger partial charge in [0.15, 0.2) is 0 Å². The topological polar surface area (TPSA) is 45.2 Å². The first-order chi connectivity index (χ1) is 9.04. The minimum Gasteiger partial charge on any atom is -0.373 e. The van der Waals surface area contributed by atoms with Crippen molar-refractivity contribution in [2.45, 2.75) is 25.1 Å². The smallest absolute Gasteiger partial charge is 0.274 e. The van der Waals surface area contributed by atoms with Crippen molar-refractivity contribution in [3.8, 4) is 0 Å². The minimum absolute atomic E-state index is 0.0817. The third-order valence-corrected chi connectivity index (χ3v) is 5.09. The van der Waals surface area contributed by atoms with Gasteiger partial charge in [0.25, 0.3) is 5.91 Å². The molecule has 104 valence electrons. The molecule has 6 heteroatoms. The summed E-state index contributed by atoms with van der Waals surface area (Å²) in [4.78, 5) is 18.7. The predicted octanol–water partition coefficient (Wildman–Crippen LogP) is 2.74. The Hall–Kier alpha value is -0.940. The molecule has 0 radical (unpaired) electrons. The molecule has 4 nitrogen and oxygen atoms in total. The Labute approximate surface area is 122 Å². The van der Waals surface area contributed by atoms with Crippen molar-refractivity contribution >= 4 is 35.1 Å². The highest BCUT2D eigenvalue weighted by molar-refractivity contribution is 8.00. The van der Waals surface area contributed by atoms with Gasteiger partial charge in [0.05, 0.1) is 5.02 Å². The molecule has 1 aliphatic heterocycles. The van der Waals surface area contributed by atoms with Crippen molar-refractivity contribution in [1.29, 1.82) is 0 Å². The van der Waals surface area contributed by atoms with Gasteiger partial charge in [-0.05, 0) is 19.1 Å². The van der Waals surface area contributed by atoms with Crippen LogP contribution in [0.3, 0.4) is 0 Å². The maximum atomic E-state index is 12.6. The summed E-state index contributed by atoms with van der Waals surface area (Å²) >= 11 is 8.00. The second kappa shape index (κ2) is 6.01. The van der Waals surface area contributed by atoms with E-state index in [1.165, 1.54) is 0 Å². The Balaban J connectivity index is 2.28. The average Bonchev–Trinajstić information content (AvgIpc) is 2.42. The van der Waals surface area contributed by atoms with E-state index in [0.717, 1.165) is 12.3 Å². The summed E-state index contributed by atoms with van der Waals surface area (Å²) in [6.45, 7) is 4.97. The van der Waals surface area contributed by atoms with Crippen LogP contribution in [0.2, 0.25) is 5.02 Å². The van der Waals surface area contributed by atoms with Gasteiger partial charge in [0.1, 0.15) is 11.5 Å². The molecule has 2 unspecified atom stereocenters. The van der Waals surface area contributed by atoms with Crippen LogP contribution in [-0.2, 0) is 0 Å². The molecule has 0 aromatic carbocycles. The van der Waals surface area contributed by atoms with Crippen LogP contribution >= 0.6 is 23.4 Å². The number of amides is 1. The highest BCUT2D eigenvalue weighted by Gasteiger charge is 2.31. The number of pyridine rings is 1. The maximum Gasteiger partial charge on any atom is 0.274 e. The van der Waals surface area contributed by atoms with Crippen molar-refractivity contribution in [3.05, 3.63) is 22.8 Å². The van der Waals surface area contributed by atoms with Crippen LogP contribution < -0.4 is 5.32 Å². The molecule has 2 rings (SSSR count). The molecule has 2 atom stereocenters. The maximum absolute atomic E-state index is 12.6. The van der Waals surface area contributed by atoms with E-state index in [9.17, 15) is 4.79 Å². The SMILES string of the molecule is CNc1ccc(Cl)c(C(=O)N2CCSC(C)C2C)n1. The Morgan fingerprint density at radius 3 is 2.95 bits per heavy atom. The zero-order valence-corrected chi connectivity index (χ0v) is 12.9. The third kappa shape index (κ3) is 2.98. The van der Waals surface area contributed by atoms with E-state index < -0.39 is 0 Å². The Bertz CT molecular complexity index is 483. The van der Waals surface area contributed by atoms with Gasteiger partial charge in [-0.1, -0.05) is 18.5 Å². The van der Waals surface area contributed by atoms with Gasteiger partial charge in [0.2, 0.25) is 0 Å². The van der Waals surface area contributed by atoms with E-state index in [4.69, 9.17) is 11.6 Å². The number of hydrogen-bond acceptors (Lipinski definition) is 4. The predicted molar refractivity (Wildman–Crippen MR) is 81.2 cm³/mol. The molecule has 1 aromatic rings. The molecule has 19 heavy (non-hydrogen) atoms. The molecule has 1 amide bonds. The lowest BCUT2D eigenvalue weighted by molar-refractivity contribution is 0.0692. The number of thioether (sulfide) groups is 1. The highest BCUT2D eigenvalue weighted by Crippen LogP contribution is 2.27. The van der Waals surface area contributed by atoms with Crippen molar-refractivity contribution in [1.82, 2.24) is 9.88 Å². The van der Waals surface area contributed by atoms with Gasteiger partial charge in [-0.25, -0.2) is 4.98 Å². The molecule has 0 bridgehead atoms. The Kier molecular flexibility index (Phi) is 4.58. The fraction of sp³-hybridized carbons (Fsp3) is 0.538. The first-order valence-electron chi connectivity index (χ1n) is 6.31. The van der Waals surface area contributed by atoms with Crippen LogP contribution in [0.4, 0.5) is 5.82 Å². The summed E-state index contributed by atoms with van der Waals surface area (Å²) < 4.78 is 0. The molecule has 0 spiro atoms. The van der Waals surface area contributed by atoms with E-state index in [-0.39, 0.29) is 11.9 Å². The lowest BCUT2D eigenvalue weighted by Gasteiger charge is -2.37.